The van der Waals surface area contributed by atoms with Gasteiger partial charge in [-0.15, -0.1) is 0 Å². The predicted molar refractivity (Wildman–Crippen MR) is 98.6 cm³/mol. The van der Waals surface area contributed by atoms with Crippen molar-refractivity contribution in [3.8, 4) is 0 Å². The number of carbonyl (C=O) groups is 1. The van der Waals surface area contributed by atoms with Crippen LogP contribution in [0.1, 0.15) is 87.0 Å². The third-order valence-electron chi connectivity index (χ3n) is 3.33. The molecule has 2 unspecified atom stereocenters. The first kappa shape index (κ1) is 27.2. The van der Waals surface area contributed by atoms with E-state index in [0.29, 0.717) is 0 Å². The summed E-state index contributed by atoms with van der Waals surface area (Å²) in [5, 5.41) is 24.6. The molecule has 0 aliphatic carbocycles. The zero-order valence-corrected chi connectivity index (χ0v) is 16.5. The summed E-state index contributed by atoms with van der Waals surface area (Å²) in [5.41, 5.74) is 0. The van der Waals surface area contributed by atoms with Crippen LogP contribution < -0.4 is 0 Å². The van der Waals surface area contributed by atoms with Crippen LogP contribution >= 0.6 is 0 Å². The van der Waals surface area contributed by atoms with Gasteiger partial charge in [0.05, 0.1) is 18.6 Å². The Morgan fingerprint density at radius 3 is 1.48 bits per heavy atom. The molecule has 0 amide bonds. The molecule has 23 heavy (non-hydrogen) atoms. The molecule has 0 aliphatic heterocycles. The second-order valence-corrected chi connectivity index (χ2v) is 6.98. The average molecular weight is 335 g/mol. The quantitative estimate of drug-likeness (QED) is 0.570. The van der Waals surface area contributed by atoms with Gasteiger partial charge in [0.2, 0.25) is 0 Å². The summed E-state index contributed by atoms with van der Waals surface area (Å²) >= 11 is 0. The molecule has 3 N–H and O–H groups in total. The second-order valence-electron chi connectivity index (χ2n) is 6.98. The first-order chi connectivity index (χ1) is 10.6. The van der Waals surface area contributed by atoms with Crippen molar-refractivity contribution in [2.24, 2.45) is 17.8 Å². The number of hydrogen-bond donors (Lipinski definition) is 3. The molecule has 0 saturated carbocycles. The van der Waals surface area contributed by atoms with Crippen LogP contribution in [0.15, 0.2) is 0 Å². The van der Waals surface area contributed by atoms with E-state index < -0.39 is 12.1 Å². The van der Waals surface area contributed by atoms with E-state index in [1.165, 1.54) is 19.8 Å². The van der Waals surface area contributed by atoms with Crippen LogP contribution in [0.3, 0.4) is 0 Å². The lowest BCUT2D eigenvalue weighted by atomic mass is 10.00. The standard InChI is InChI=1S/C8H16O2.C8H18.C3H8O2/c1-3-5-6-7(4-2)8(9)10;1-7(2)5-6-8(3)4;1-3(5)2-4/h7H,3-6H2,1-2H3,(H,9,10);7-8H,5-6H2,1-4H3;3-5H,2H2,1H3. The Labute approximate surface area is 144 Å². The molecule has 0 heterocycles. The SMILES string of the molecule is CC(C)CCC(C)C.CC(O)CO.CCCCC(CC)C(=O)O. The molecule has 2 atom stereocenters. The van der Waals surface area contributed by atoms with Gasteiger partial charge in [0, 0.05) is 0 Å². The van der Waals surface area contributed by atoms with Crippen molar-refractivity contribution in [1.82, 2.24) is 0 Å². The Hall–Kier alpha value is -0.610. The van der Waals surface area contributed by atoms with Crippen molar-refractivity contribution in [2.75, 3.05) is 6.61 Å². The van der Waals surface area contributed by atoms with Gasteiger partial charge in [-0.05, 0) is 31.6 Å². The molecule has 0 rings (SSSR count). The largest absolute Gasteiger partial charge is 0.481 e. The van der Waals surface area contributed by atoms with Gasteiger partial charge in [-0.25, -0.2) is 0 Å². The van der Waals surface area contributed by atoms with E-state index in [9.17, 15) is 4.79 Å². The number of carboxylic acids is 1. The molecule has 0 spiro atoms. The molecule has 142 valence electrons. The first-order valence-electron chi connectivity index (χ1n) is 9.13. The lowest BCUT2D eigenvalue weighted by Crippen LogP contribution is -2.11. The molecule has 0 radical (unpaired) electrons. The molecule has 0 fully saturated rings. The number of aliphatic hydroxyl groups excluding tert-OH is 2. The predicted octanol–water partition coefficient (Wildman–Crippen LogP) is 4.73. The van der Waals surface area contributed by atoms with Crippen molar-refractivity contribution >= 4 is 5.97 Å². The molecule has 4 nitrogen and oxygen atoms in total. The van der Waals surface area contributed by atoms with E-state index in [4.69, 9.17) is 15.3 Å². The minimum atomic E-state index is -0.643. The van der Waals surface area contributed by atoms with Crippen molar-refractivity contribution in [3.63, 3.8) is 0 Å². The third-order valence-corrected chi connectivity index (χ3v) is 3.33. The van der Waals surface area contributed by atoms with Crippen LogP contribution in [0.2, 0.25) is 0 Å². The van der Waals surface area contributed by atoms with E-state index in [2.05, 4.69) is 34.6 Å². The summed E-state index contributed by atoms with van der Waals surface area (Å²) in [7, 11) is 0. The monoisotopic (exact) mass is 334 g/mol. The highest BCUT2D eigenvalue weighted by molar-refractivity contribution is 5.69. The zero-order chi connectivity index (χ0) is 18.8. The zero-order valence-electron chi connectivity index (χ0n) is 16.5. The maximum Gasteiger partial charge on any atom is 0.306 e. The van der Waals surface area contributed by atoms with E-state index in [1.54, 1.807) is 0 Å². The van der Waals surface area contributed by atoms with Crippen LogP contribution in [0, 0.1) is 17.8 Å². The Balaban J connectivity index is -0.000000276. The van der Waals surface area contributed by atoms with Crippen molar-refractivity contribution in [2.45, 2.75) is 93.1 Å². The Bertz CT molecular complexity index is 230. The van der Waals surface area contributed by atoms with Gasteiger partial charge in [0.15, 0.2) is 0 Å². The van der Waals surface area contributed by atoms with Gasteiger partial charge in [-0.1, -0.05) is 67.2 Å². The van der Waals surface area contributed by atoms with Crippen LogP contribution in [-0.4, -0.2) is 34.0 Å². The van der Waals surface area contributed by atoms with E-state index in [0.717, 1.165) is 37.5 Å². The van der Waals surface area contributed by atoms with Gasteiger partial charge in [-0.3, -0.25) is 4.79 Å². The van der Waals surface area contributed by atoms with Crippen molar-refractivity contribution < 1.29 is 20.1 Å². The summed E-state index contributed by atoms with van der Waals surface area (Å²) in [6.07, 6.45) is 5.93. The summed E-state index contributed by atoms with van der Waals surface area (Å²) in [6, 6.07) is 0. The van der Waals surface area contributed by atoms with Gasteiger partial charge < -0.3 is 15.3 Å². The molecular formula is C19H42O4. The van der Waals surface area contributed by atoms with Gasteiger partial charge in [0.25, 0.3) is 0 Å². The normalized spacial score (nSPS) is 12.8. The second kappa shape index (κ2) is 19.4. The van der Waals surface area contributed by atoms with Crippen molar-refractivity contribution in [3.05, 3.63) is 0 Å². The molecule has 0 bridgehead atoms. The summed E-state index contributed by atoms with van der Waals surface area (Å²) in [5.74, 6) is 1.02. The molecule has 0 aromatic heterocycles. The molecule has 0 saturated heterocycles. The minimum absolute atomic E-state index is 0.111. The molecule has 0 aliphatic rings. The summed E-state index contributed by atoms with van der Waals surface area (Å²) < 4.78 is 0. The lowest BCUT2D eigenvalue weighted by molar-refractivity contribution is -0.142. The number of rotatable bonds is 9. The maximum absolute atomic E-state index is 10.4. The highest BCUT2D eigenvalue weighted by Gasteiger charge is 2.12. The van der Waals surface area contributed by atoms with Crippen LogP contribution in [0.5, 0.6) is 0 Å². The fourth-order valence-corrected chi connectivity index (χ4v) is 1.62. The number of unbranched alkanes of at least 4 members (excludes halogenated alkanes) is 1. The van der Waals surface area contributed by atoms with Crippen molar-refractivity contribution in [1.29, 1.82) is 0 Å². The Morgan fingerprint density at radius 2 is 1.30 bits per heavy atom. The highest BCUT2D eigenvalue weighted by atomic mass is 16.4. The number of carboxylic acid groups (broad SMARTS) is 1. The van der Waals surface area contributed by atoms with E-state index >= 15 is 0 Å². The van der Waals surface area contributed by atoms with Crippen LogP contribution in [0.4, 0.5) is 0 Å². The minimum Gasteiger partial charge on any atom is -0.481 e. The maximum atomic E-state index is 10.4. The number of hydrogen-bond acceptors (Lipinski definition) is 3. The average Bonchev–Trinajstić information content (AvgIpc) is 2.47. The Kier molecular flexibility index (Phi) is 23.0. The molecule has 0 aromatic rings. The number of aliphatic hydroxyl groups is 2. The van der Waals surface area contributed by atoms with Gasteiger partial charge >= 0.3 is 5.97 Å². The Morgan fingerprint density at radius 1 is 0.913 bits per heavy atom. The topological polar surface area (TPSA) is 77.8 Å². The first-order valence-corrected chi connectivity index (χ1v) is 9.13. The smallest absolute Gasteiger partial charge is 0.306 e. The van der Waals surface area contributed by atoms with Crippen LogP contribution in [-0.2, 0) is 4.79 Å². The molecular weight excluding hydrogens is 292 g/mol. The summed E-state index contributed by atoms with van der Waals surface area (Å²) in [4.78, 5) is 10.4. The highest BCUT2D eigenvalue weighted by Crippen LogP contribution is 2.12. The summed E-state index contributed by atoms with van der Waals surface area (Å²) in [6.45, 7) is 14.5. The van der Waals surface area contributed by atoms with Crippen LogP contribution in [0.25, 0.3) is 0 Å². The third kappa shape index (κ3) is 29.9. The number of aliphatic carboxylic acids is 1. The van der Waals surface area contributed by atoms with E-state index in [-0.39, 0.29) is 12.5 Å². The van der Waals surface area contributed by atoms with E-state index in [1.807, 2.05) is 6.92 Å². The van der Waals surface area contributed by atoms with Gasteiger partial charge in [-0.2, -0.15) is 0 Å². The molecule has 0 aromatic carbocycles. The fourth-order valence-electron chi connectivity index (χ4n) is 1.62. The van der Waals surface area contributed by atoms with Gasteiger partial charge in [0.1, 0.15) is 0 Å². The molecule has 4 heteroatoms. The lowest BCUT2D eigenvalue weighted by Gasteiger charge is -2.06. The fraction of sp³-hybridized carbons (Fsp3) is 0.947.